The van der Waals surface area contributed by atoms with E-state index in [0.29, 0.717) is 0 Å². The summed E-state index contributed by atoms with van der Waals surface area (Å²) in [5.41, 5.74) is -0.937. The average molecular weight is 265 g/mol. The van der Waals surface area contributed by atoms with Gasteiger partial charge in [-0.05, 0) is 18.2 Å². The van der Waals surface area contributed by atoms with Gasteiger partial charge in [0.15, 0.2) is 5.82 Å². The standard InChI is InChI=1S/C9H4ClF3N2O2/c10-6-2-1-4(9(11,12)13)3-5(6)7-14-8(16)17-15-7/h1-3H,(H,14,15,16). The fraction of sp³-hybridized carbons (Fsp3) is 0.111. The van der Waals surface area contributed by atoms with Gasteiger partial charge in [-0.25, -0.2) is 4.79 Å². The van der Waals surface area contributed by atoms with Gasteiger partial charge in [0, 0.05) is 5.56 Å². The number of alkyl halides is 3. The Kier molecular flexibility index (Phi) is 2.70. The van der Waals surface area contributed by atoms with E-state index >= 15 is 0 Å². The molecule has 90 valence electrons. The largest absolute Gasteiger partial charge is 0.439 e. The van der Waals surface area contributed by atoms with Crippen LogP contribution in [0, 0.1) is 0 Å². The Morgan fingerprint density at radius 1 is 1.35 bits per heavy atom. The van der Waals surface area contributed by atoms with Crippen LogP contribution in [0.3, 0.4) is 0 Å². The first kappa shape index (κ1) is 11.7. The van der Waals surface area contributed by atoms with Gasteiger partial charge in [0.1, 0.15) is 0 Å². The van der Waals surface area contributed by atoms with Crippen LogP contribution >= 0.6 is 11.6 Å². The first-order valence-electron chi connectivity index (χ1n) is 4.31. The van der Waals surface area contributed by atoms with Gasteiger partial charge in [0.05, 0.1) is 10.6 Å². The fourth-order valence-electron chi connectivity index (χ4n) is 1.23. The lowest BCUT2D eigenvalue weighted by Crippen LogP contribution is -2.05. The Bertz CT molecular complexity index is 603. The summed E-state index contributed by atoms with van der Waals surface area (Å²) in [7, 11) is 0. The Hall–Kier alpha value is -1.76. The van der Waals surface area contributed by atoms with Crippen LogP contribution in [0.4, 0.5) is 13.2 Å². The van der Waals surface area contributed by atoms with Crippen molar-refractivity contribution in [3.8, 4) is 11.4 Å². The Balaban J connectivity index is 2.58. The lowest BCUT2D eigenvalue weighted by molar-refractivity contribution is -0.137. The van der Waals surface area contributed by atoms with Crippen LogP contribution in [-0.2, 0) is 6.18 Å². The van der Waals surface area contributed by atoms with Gasteiger partial charge < -0.3 is 0 Å². The molecule has 0 spiro atoms. The highest BCUT2D eigenvalue weighted by molar-refractivity contribution is 6.33. The Labute approximate surface area is 97.0 Å². The summed E-state index contributed by atoms with van der Waals surface area (Å²) < 4.78 is 41.6. The fourth-order valence-corrected chi connectivity index (χ4v) is 1.44. The quantitative estimate of drug-likeness (QED) is 0.861. The minimum absolute atomic E-state index is 0.0301. The van der Waals surface area contributed by atoms with Crippen LogP contribution in [0.1, 0.15) is 5.56 Å². The van der Waals surface area contributed by atoms with E-state index in [1.54, 1.807) is 0 Å². The number of hydrogen-bond acceptors (Lipinski definition) is 3. The summed E-state index contributed by atoms with van der Waals surface area (Å²) in [5, 5.41) is 3.31. The molecule has 0 bridgehead atoms. The summed E-state index contributed by atoms with van der Waals surface area (Å²) in [4.78, 5) is 12.8. The van der Waals surface area contributed by atoms with Crippen LogP contribution in [0.15, 0.2) is 27.5 Å². The molecule has 0 saturated carbocycles. The van der Waals surface area contributed by atoms with E-state index in [9.17, 15) is 18.0 Å². The van der Waals surface area contributed by atoms with E-state index in [0.717, 1.165) is 18.2 Å². The molecule has 4 nitrogen and oxygen atoms in total. The molecule has 0 unspecified atom stereocenters. The third-order valence-electron chi connectivity index (χ3n) is 1.99. The molecule has 2 aromatic rings. The summed E-state index contributed by atoms with van der Waals surface area (Å²) in [6.45, 7) is 0. The van der Waals surface area contributed by atoms with Crippen LogP contribution < -0.4 is 5.76 Å². The predicted octanol–water partition coefficient (Wildman–Crippen LogP) is 2.70. The number of aromatic amines is 1. The zero-order chi connectivity index (χ0) is 12.6. The highest BCUT2D eigenvalue weighted by Gasteiger charge is 2.31. The van der Waals surface area contributed by atoms with Crippen molar-refractivity contribution in [1.29, 1.82) is 0 Å². The molecule has 0 aliphatic rings. The number of rotatable bonds is 1. The van der Waals surface area contributed by atoms with Crippen LogP contribution in [0.2, 0.25) is 5.02 Å². The van der Waals surface area contributed by atoms with Crippen molar-refractivity contribution in [2.75, 3.05) is 0 Å². The maximum Gasteiger partial charge on any atom is 0.439 e. The number of nitrogens with zero attached hydrogens (tertiary/aromatic N) is 1. The minimum atomic E-state index is -4.50. The molecule has 1 N–H and O–H groups in total. The van der Waals surface area contributed by atoms with Crippen molar-refractivity contribution in [2.45, 2.75) is 6.18 Å². The topological polar surface area (TPSA) is 58.9 Å². The molecule has 0 amide bonds. The van der Waals surface area contributed by atoms with Crippen molar-refractivity contribution < 1.29 is 17.7 Å². The molecule has 1 aromatic heterocycles. The second-order valence-corrected chi connectivity index (χ2v) is 3.54. The average Bonchev–Trinajstić information content (AvgIpc) is 2.63. The summed E-state index contributed by atoms with van der Waals surface area (Å²) in [6.07, 6.45) is -4.50. The van der Waals surface area contributed by atoms with Gasteiger partial charge in [-0.3, -0.25) is 9.51 Å². The third kappa shape index (κ3) is 2.33. The molecule has 0 atom stereocenters. The third-order valence-corrected chi connectivity index (χ3v) is 2.32. The molecule has 17 heavy (non-hydrogen) atoms. The van der Waals surface area contributed by atoms with Gasteiger partial charge >= 0.3 is 11.9 Å². The molecule has 1 aromatic carbocycles. The van der Waals surface area contributed by atoms with E-state index in [-0.39, 0.29) is 16.4 Å². The van der Waals surface area contributed by atoms with E-state index in [4.69, 9.17) is 11.6 Å². The van der Waals surface area contributed by atoms with Gasteiger partial charge in [0.2, 0.25) is 0 Å². The van der Waals surface area contributed by atoms with Gasteiger partial charge in [-0.1, -0.05) is 16.8 Å². The molecule has 0 aliphatic carbocycles. The second kappa shape index (κ2) is 3.92. The molecule has 0 radical (unpaired) electrons. The van der Waals surface area contributed by atoms with E-state index in [1.807, 2.05) is 0 Å². The van der Waals surface area contributed by atoms with Crippen LogP contribution in [0.25, 0.3) is 11.4 Å². The number of nitrogens with one attached hydrogen (secondary N) is 1. The molecular weight excluding hydrogens is 261 g/mol. The lowest BCUT2D eigenvalue weighted by atomic mass is 10.1. The van der Waals surface area contributed by atoms with Gasteiger partial charge in [-0.15, -0.1) is 0 Å². The SMILES string of the molecule is O=c1[nH]c(-c2cc(C(F)(F)F)ccc2Cl)no1. The van der Waals surface area contributed by atoms with Crippen LogP contribution in [0.5, 0.6) is 0 Å². The lowest BCUT2D eigenvalue weighted by Gasteiger charge is -2.08. The molecule has 0 fully saturated rings. The number of aromatic nitrogens is 2. The van der Waals surface area contributed by atoms with Gasteiger partial charge in [-0.2, -0.15) is 13.2 Å². The normalized spacial score (nSPS) is 11.8. The van der Waals surface area contributed by atoms with Crippen LogP contribution in [-0.4, -0.2) is 10.1 Å². The monoisotopic (exact) mass is 264 g/mol. The van der Waals surface area contributed by atoms with E-state index in [2.05, 4.69) is 14.7 Å². The summed E-state index contributed by atoms with van der Waals surface area (Å²) in [6, 6.07) is 2.70. The first-order chi connectivity index (χ1) is 7.88. The number of benzene rings is 1. The Morgan fingerprint density at radius 2 is 2.06 bits per heavy atom. The molecule has 1 heterocycles. The van der Waals surface area contributed by atoms with Crippen molar-refractivity contribution in [3.05, 3.63) is 39.3 Å². The maximum absolute atomic E-state index is 12.5. The summed E-state index contributed by atoms with van der Waals surface area (Å²) >= 11 is 5.72. The van der Waals surface area contributed by atoms with Crippen molar-refractivity contribution >= 4 is 11.6 Å². The maximum atomic E-state index is 12.5. The van der Waals surface area contributed by atoms with E-state index in [1.165, 1.54) is 0 Å². The van der Waals surface area contributed by atoms with Gasteiger partial charge in [0.25, 0.3) is 0 Å². The molecule has 2 rings (SSSR count). The van der Waals surface area contributed by atoms with Crippen molar-refractivity contribution in [1.82, 2.24) is 10.1 Å². The molecule has 0 aliphatic heterocycles. The first-order valence-corrected chi connectivity index (χ1v) is 4.69. The minimum Gasteiger partial charge on any atom is -0.296 e. The number of H-pyrrole nitrogens is 1. The Morgan fingerprint density at radius 3 is 2.59 bits per heavy atom. The van der Waals surface area contributed by atoms with Crippen molar-refractivity contribution in [2.24, 2.45) is 0 Å². The zero-order valence-electron chi connectivity index (χ0n) is 8.01. The number of halogens is 4. The van der Waals surface area contributed by atoms with E-state index < -0.39 is 17.5 Å². The molecule has 0 saturated heterocycles. The summed E-state index contributed by atoms with van der Waals surface area (Å²) in [5.74, 6) is -1.01. The highest BCUT2D eigenvalue weighted by atomic mass is 35.5. The molecular formula is C9H4ClF3N2O2. The predicted molar refractivity (Wildman–Crippen MR) is 52.6 cm³/mol. The smallest absolute Gasteiger partial charge is 0.296 e. The molecule has 8 heteroatoms. The highest BCUT2D eigenvalue weighted by Crippen LogP contribution is 2.34. The number of hydrogen-bond donors (Lipinski definition) is 1. The van der Waals surface area contributed by atoms with Crippen molar-refractivity contribution in [3.63, 3.8) is 0 Å². The zero-order valence-corrected chi connectivity index (χ0v) is 8.76. The second-order valence-electron chi connectivity index (χ2n) is 3.14.